The van der Waals surface area contributed by atoms with Crippen molar-refractivity contribution in [3.8, 4) is 0 Å². The van der Waals surface area contributed by atoms with Crippen LogP contribution < -0.4 is 5.32 Å². The summed E-state index contributed by atoms with van der Waals surface area (Å²) in [6.07, 6.45) is 3.15. The summed E-state index contributed by atoms with van der Waals surface area (Å²) in [5.74, 6) is -0.134. The Kier molecular flexibility index (Phi) is 2.55. The Hall–Kier alpha value is -1.98. The number of carbonyl (C=O) groups excluding carboxylic acids is 1. The minimum absolute atomic E-state index is 0.00177. The van der Waals surface area contributed by atoms with Crippen molar-refractivity contribution in [1.82, 2.24) is 4.98 Å². The van der Waals surface area contributed by atoms with Gasteiger partial charge in [-0.1, -0.05) is 0 Å². The lowest BCUT2D eigenvalue weighted by molar-refractivity contribution is -0.384. The average Bonchev–Trinajstić information content (AvgIpc) is 2.99. The van der Waals surface area contributed by atoms with Gasteiger partial charge in [-0.25, -0.2) is 4.98 Å². The van der Waals surface area contributed by atoms with Crippen molar-refractivity contribution >= 4 is 17.4 Å². The highest BCUT2D eigenvalue weighted by atomic mass is 16.6. The Morgan fingerprint density at radius 1 is 1.62 bits per heavy atom. The zero-order valence-electron chi connectivity index (χ0n) is 8.77. The molecule has 0 radical (unpaired) electrons. The van der Waals surface area contributed by atoms with Gasteiger partial charge in [-0.2, -0.15) is 0 Å². The number of anilines is 1. The van der Waals surface area contributed by atoms with Gasteiger partial charge in [0.2, 0.25) is 11.7 Å². The van der Waals surface area contributed by atoms with Gasteiger partial charge >= 0.3 is 5.69 Å². The summed E-state index contributed by atoms with van der Waals surface area (Å²) >= 11 is 0. The lowest BCUT2D eigenvalue weighted by Gasteiger charge is -2.05. The molecule has 1 aromatic rings. The van der Waals surface area contributed by atoms with Crippen LogP contribution in [0.25, 0.3) is 0 Å². The zero-order chi connectivity index (χ0) is 11.7. The average molecular weight is 221 g/mol. The summed E-state index contributed by atoms with van der Waals surface area (Å²) in [5, 5.41) is 13.3. The van der Waals surface area contributed by atoms with Crippen molar-refractivity contribution in [2.75, 3.05) is 5.32 Å². The molecular formula is C10H11N3O3. The third-order valence-electron chi connectivity index (χ3n) is 2.50. The highest BCUT2D eigenvalue weighted by Crippen LogP contribution is 2.32. The van der Waals surface area contributed by atoms with Crippen LogP contribution in [-0.2, 0) is 4.79 Å². The molecule has 16 heavy (non-hydrogen) atoms. The van der Waals surface area contributed by atoms with Crippen molar-refractivity contribution < 1.29 is 9.72 Å². The van der Waals surface area contributed by atoms with E-state index >= 15 is 0 Å². The van der Waals surface area contributed by atoms with Gasteiger partial charge < -0.3 is 5.32 Å². The third kappa shape index (κ3) is 2.00. The largest absolute Gasteiger partial charge is 0.314 e. The molecule has 1 aliphatic rings. The summed E-state index contributed by atoms with van der Waals surface area (Å²) in [4.78, 5) is 25.6. The first kappa shape index (κ1) is 10.5. The van der Waals surface area contributed by atoms with Gasteiger partial charge in [0.25, 0.3) is 0 Å². The maximum atomic E-state index is 11.5. The standard InChI is InChI=1S/C10H11N3O3/c1-6-4-5-11-9(8(6)13(15)16)12-10(14)7-2-3-7/h4-5,7H,2-3H2,1H3,(H,11,12,14). The molecule has 0 spiro atoms. The Morgan fingerprint density at radius 2 is 2.31 bits per heavy atom. The zero-order valence-corrected chi connectivity index (χ0v) is 8.77. The fourth-order valence-corrected chi connectivity index (χ4v) is 1.44. The van der Waals surface area contributed by atoms with Crippen LogP contribution in [0.2, 0.25) is 0 Å². The number of hydrogen-bond acceptors (Lipinski definition) is 4. The molecule has 0 saturated heterocycles. The molecule has 1 amide bonds. The van der Waals surface area contributed by atoms with Gasteiger partial charge in [0.1, 0.15) is 0 Å². The molecule has 1 fully saturated rings. The Morgan fingerprint density at radius 3 is 2.88 bits per heavy atom. The van der Waals surface area contributed by atoms with E-state index in [4.69, 9.17) is 0 Å². The molecule has 1 N–H and O–H groups in total. The molecule has 2 rings (SSSR count). The van der Waals surface area contributed by atoms with Gasteiger partial charge in [0.05, 0.1) is 4.92 Å². The molecule has 1 saturated carbocycles. The molecule has 6 nitrogen and oxygen atoms in total. The molecule has 1 heterocycles. The fraction of sp³-hybridized carbons (Fsp3) is 0.400. The van der Waals surface area contributed by atoms with E-state index in [1.807, 2.05) is 0 Å². The second kappa shape index (κ2) is 3.88. The van der Waals surface area contributed by atoms with E-state index in [-0.39, 0.29) is 23.3 Å². The lowest BCUT2D eigenvalue weighted by Crippen LogP contribution is -2.15. The maximum Gasteiger partial charge on any atom is 0.314 e. The monoisotopic (exact) mass is 221 g/mol. The van der Waals surface area contributed by atoms with Crippen LogP contribution in [0.3, 0.4) is 0 Å². The van der Waals surface area contributed by atoms with Crippen molar-refractivity contribution in [3.05, 3.63) is 27.9 Å². The molecule has 84 valence electrons. The number of hydrogen-bond donors (Lipinski definition) is 1. The molecule has 0 aliphatic heterocycles. The van der Waals surface area contributed by atoms with E-state index in [1.165, 1.54) is 6.20 Å². The smallest absolute Gasteiger partial charge is 0.305 e. The van der Waals surface area contributed by atoms with Gasteiger partial charge in [-0.3, -0.25) is 14.9 Å². The summed E-state index contributed by atoms with van der Waals surface area (Å²) < 4.78 is 0. The maximum absolute atomic E-state index is 11.5. The first-order valence-corrected chi connectivity index (χ1v) is 5.00. The topological polar surface area (TPSA) is 85.1 Å². The van der Waals surface area contributed by atoms with E-state index in [9.17, 15) is 14.9 Å². The summed E-state index contributed by atoms with van der Waals surface area (Å²) in [5.41, 5.74) is 0.364. The molecular weight excluding hydrogens is 210 g/mol. The van der Waals surface area contributed by atoms with Crippen LogP contribution in [0.4, 0.5) is 11.5 Å². The van der Waals surface area contributed by atoms with Gasteiger partial charge in [-0.05, 0) is 25.8 Å². The Balaban J connectivity index is 2.28. The van der Waals surface area contributed by atoms with E-state index in [0.29, 0.717) is 5.56 Å². The van der Waals surface area contributed by atoms with E-state index < -0.39 is 4.92 Å². The lowest BCUT2D eigenvalue weighted by atomic mass is 10.2. The number of nitro groups is 1. The van der Waals surface area contributed by atoms with Crippen LogP contribution in [0, 0.1) is 23.0 Å². The number of aryl methyl sites for hydroxylation is 1. The van der Waals surface area contributed by atoms with E-state index in [2.05, 4.69) is 10.3 Å². The number of pyridine rings is 1. The summed E-state index contributed by atoms with van der Waals surface area (Å²) in [7, 11) is 0. The highest BCUT2D eigenvalue weighted by Gasteiger charge is 2.31. The van der Waals surface area contributed by atoms with Gasteiger partial charge in [0.15, 0.2) is 0 Å². The van der Waals surface area contributed by atoms with Crippen LogP contribution in [0.5, 0.6) is 0 Å². The van der Waals surface area contributed by atoms with Crippen LogP contribution in [0.1, 0.15) is 18.4 Å². The Labute approximate surface area is 91.8 Å². The fourth-order valence-electron chi connectivity index (χ4n) is 1.44. The minimum Gasteiger partial charge on any atom is -0.305 e. The van der Waals surface area contributed by atoms with E-state index in [1.54, 1.807) is 13.0 Å². The highest BCUT2D eigenvalue weighted by molar-refractivity contribution is 5.95. The first-order valence-electron chi connectivity index (χ1n) is 5.00. The SMILES string of the molecule is Cc1ccnc(NC(=O)C2CC2)c1[N+](=O)[O-]. The number of nitrogens with one attached hydrogen (secondary N) is 1. The molecule has 6 heteroatoms. The normalized spacial score (nSPS) is 14.6. The number of amides is 1. The third-order valence-corrected chi connectivity index (χ3v) is 2.50. The molecule has 0 aromatic carbocycles. The number of carbonyl (C=O) groups is 1. The first-order chi connectivity index (χ1) is 7.59. The van der Waals surface area contributed by atoms with Crippen molar-refractivity contribution in [2.45, 2.75) is 19.8 Å². The Bertz CT molecular complexity index is 455. The van der Waals surface area contributed by atoms with Crippen LogP contribution in [0.15, 0.2) is 12.3 Å². The molecule has 1 aliphatic carbocycles. The second-order valence-electron chi connectivity index (χ2n) is 3.85. The van der Waals surface area contributed by atoms with E-state index in [0.717, 1.165) is 12.8 Å². The van der Waals surface area contributed by atoms with Crippen LogP contribution >= 0.6 is 0 Å². The minimum atomic E-state index is -0.523. The summed E-state index contributed by atoms with van der Waals surface area (Å²) in [6, 6.07) is 1.55. The van der Waals surface area contributed by atoms with Gasteiger partial charge in [0, 0.05) is 17.7 Å². The number of rotatable bonds is 3. The van der Waals surface area contributed by atoms with Gasteiger partial charge in [-0.15, -0.1) is 0 Å². The second-order valence-corrected chi connectivity index (χ2v) is 3.85. The predicted octanol–water partition coefficient (Wildman–Crippen LogP) is 1.65. The molecule has 0 bridgehead atoms. The number of nitrogens with zero attached hydrogens (tertiary/aromatic N) is 2. The summed E-state index contributed by atoms with van der Waals surface area (Å²) in [6.45, 7) is 1.62. The predicted molar refractivity (Wildman–Crippen MR) is 57.0 cm³/mol. The van der Waals surface area contributed by atoms with Crippen molar-refractivity contribution in [3.63, 3.8) is 0 Å². The molecule has 0 atom stereocenters. The number of aromatic nitrogens is 1. The van der Waals surface area contributed by atoms with Crippen molar-refractivity contribution in [1.29, 1.82) is 0 Å². The molecule has 1 aromatic heterocycles. The van der Waals surface area contributed by atoms with Crippen LogP contribution in [-0.4, -0.2) is 15.8 Å². The van der Waals surface area contributed by atoms with Crippen molar-refractivity contribution in [2.24, 2.45) is 5.92 Å². The quantitative estimate of drug-likeness (QED) is 0.621. The molecule has 0 unspecified atom stereocenters.